The molecule has 8 nitrogen and oxygen atoms in total. The topological polar surface area (TPSA) is 97.0 Å². The van der Waals surface area contributed by atoms with Crippen LogP contribution in [-0.2, 0) is 19.6 Å². The summed E-state index contributed by atoms with van der Waals surface area (Å²) in [6, 6.07) is 9.83. The first-order chi connectivity index (χ1) is 14.8. The number of benzene rings is 2. The van der Waals surface area contributed by atoms with Crippen LogP contribution < -0.4 is 14.8 Å². The Balaban J connectivity index is 1.58. The molecule has 1 saturated heterocycles. The lowest BCUT2D eigenvalue weighted by atomic mass is 10.1. The monoisotopic (exact) mass is 485 g/mol. The summed E-state index contributed by atoms with van der Waals surface area (Å²) < 4.78 is 39.6. The van der Waals surface area contributed by atoms with Crippen molar-refractivity contribution in [3.63, 3.8) is 0 Å². The van der Waals surface area contributed by atoms with E-state index < -0.39 is 10.0 Å². The van der Waals surface area contributed by atoms with Crippen LogP contribution in [0.2, 0.25) is 10.0 Å². The Morgan fingerprint density at radius 3 is 2.68 bits per heavy atom. The van der Waals surface area contributed by atoms with Crippen LogP contribution in [0.25, 0.3) is 0 Å². The van der Waals surface area contributed by atoms with Crippen LogP contribution in [0.4, 0.5) is 5.69 Å². The van der Waals surface area contributed by atoms with Crippen molar-refractivity contribution in [2.24, 2.45) is 0 Å². The Morgan fingerprint density at radius 2 is 1.94 bits per heavy atom. The number of amides is 1. The number of anilines is 1. The van der Waals surface area contributed by atoms with E-state index in [4.69, 9.17) is 32.7 Å². The lowest BCUT2D eigenvalue weighted by Gasteiger charge is -2.35. The number of fused-ring (bicyclic) bond motifs is 1. The minimum absolute atomic E-state index is 0.0114. The van der Waals surface area contributed by atoms with Crippen molar-refractivity contribution in [3.05, 3.63) is 52.0 Å². The van der Waals surface area contributed by atoms with E-state index in [2.05, 4.69) is 14.9 Å². The van der Waals surface area contributed by atoms with Gasteiger partial charge >= 0.3 is 0 Å². The molecule has 1 amide bonds. The molecule has 2 aromatic carbocycles. The second kappa shape index (κ2) is 9.32. The molecule has 0 radical (unpaired) electrons. The summed E-state index contributed by atoms with van der Waals surface area (Å²) in [4.78, 5) is 13.5. The number of rotatable bonds is 6. The number of halogens is 2. The van der Waals surface area contributed by atoms with Gasteiger partial charge in [0.05, 0.1) is 23.9 Å². The zero-order valence-corrected chi connectivity index (χ0v) is 18.8. The average molecular weight is 486 g/mol. The van der Waals surface area contributed by atoms with Crippen molar-refractivity contribution in [2.45, 2.75) is 10.9 Å². The van der Waals surface area contributed by atoms with E-state index in [0.29, 0.717) is 37.0 Å². The van der Waals surface area contributed by atoms with E-state index >= 15 is 0 Å². The smallest absolute Gasteiger partial charge is 0.262 e. The second-order valence-electron chi connectivity index (χ2n) is 7.19. The van der Waals surface area contributed by atoms with E-state index in [1.165, 1.54) is 12.1 Å². The highest BCUT2D eigenvalue weighted by Crippen LogP contribution is 2.35. The molecular formula is C20H21Cl2N3O5S. The molecule has 11 heteroatoms. The Morgan fingerprint density at radius 1 is 1.16 bits per heavy atom. The van der Waals surface area contributed by atoms with Gasteiger partial charge in [0.1, 0.15) is 10.6 Å². The number of hydrogen-bond acceptors (Lipinski definition) is 6. The maximum atomic E-state index is 13.1. The van der Waals surface area contributed by atoms with Gasteiger partial charge in [-0.1, -0.05) is 35.3 Å². The predicted molar refractivity (Wildman–Crippen MR) is 117 cm³/mol. The maximum absolute atomic E-state index is 13.1. The molecule has 0 bridgehead atoms. The molecule has 1 unspecified atom stereocenters. The molecule has 2 aliphatic rings. The average Bonchev–Trinajstić information content (AvgIpc) is 2.74. The van der Waals surface area contributed by atoms with E-state index in [-0.39, 0.29) is 40.8 Å². The van der Waals surface area contributed by atoms with Gasteiger partial charge < -0.3 is 14.8 Å². The minimum Gasteiger partial charge on any atom is -0.482 e. The zero-order valence-electron chi connectivity index (χ0n) is 16.4. The summed E-state index contributed by atoms with van der Waals surface area (Å²) in [5.41, 5.74) is 1.24. The van der Waals surface area contributed by atoms with Crippen molar-refractivity contribution in [2.75, 3.05) is 44.8 Å². The van der Waals surface area contributed by atoms with E-state index in [0.717, 1.165) is 5.56 Å². The molecule has 0 aliphatic carbocycles. The van der Waals surface area contributed by atoms with Gasteiger partial charge in [-0.2, -0.15) is 0 Å². The first-order valence-corrected chi connectivity index (χ1v) is 11.9. The van der Waals surface area contributed by atoms with Crippen molar-refractivity contribution in [3.8, 4) is 5.75 Å². The van der Waals surface area contributed by atoms with Crippen LogP contribution in [0.5, 0.6) is 5.75 Å². The van der Waals surface area contributed by atoms with Crippen molar-refractivity contribution in [1.29, 1.82) is 0 Å². The third kappa shape index (κ3) is 5.14. The van der Waals surface area contributed by atoms with Gasteiger partial charge in [0.2, 0.25) is 10.0 Å². The highest BCUT2D eigenvalue weighted by Gasteiger charge is 2.28. The quantitative estimate of drug-likeness (QED) is 0.652. The summed E-state index contributed by atoms with van der Waals surface area (Å²) >= 11 is 12.4. The standard InChI is InChI=1S/C20H21Cl2N3O5S/c21-14-3-1-2-13(8-14)17(25-4-6-29-7-5-25)11-23-31(27,28)19-10-18-16(9-15(19)22)24-20(26)12-30-18/h1-3,8-10,17,23H,4-7,11-12H2,(H,24,26). The number of hydrogen-bond donors (Lipinski definition) is 2. The highest BCUT2D eigenvalue weighted by atomic mass is 35.5. The summed E-state index contributed by atoms with van der Waals surface area (Å²) in [6.07, 6.45) is 0. The van der Waals surface area contributed by atoms with Crippen LogP contribution in [0.1, 0.15) is 11.6 Å². The molecule has 166 valence electrons. The van der Waals surface area contributed by atoms with Crippen molar-refractivity contribution in [1.82, 2.24) is 9.62 Å². The number of morpholine rings is 1. The van der Waals surface area contributed by atoms with Gasteiger partial charge in [-0.3, -0.25) is 9.69 Å². The molecule has 0 aromatic heterocycles. The SMILES string of the molecule is O=C1COc2cc(S(=O)(=O)NCC(c3cccc(Cl)c3)N3CCOCC3)c(Cl)cc2N1. The molecule has 4 rings (SSSR count). The zero-order chi connectivity index (χ0) is 22.0. The fraction of sp³-hybridized carbons (Fsp3) is 0.350. The molecule has 0 saturated carbocycles. The minimum atomic E-state index is -3.96. The number of nitrogens with one attached hydrogen (secondary N) is 2. The lowest BCUT2D eigenvalue weighted by Crippen LogP contribution is -2.43. The Kier molecular flexibility index (Phi) is 6.71. The van der Waals surface area contributed by atoms with Gasteiger partial charge in [0, 0.05) is 36.8 Å². The molecule has 2 heterocycles. The van der Waals surface area contributed by atoms with Gasteiger partial charge in [-0.15, -0.1) is 0 Å². The molecular weight excluding hydrogens is 465 g/mol. The molecule has 2 aliphatic heterocycles. The Labute approximate surface area is 190 Å². The molecule has 2 aromatic rings. The maximum Gasteiger partial charge on any atom is 0.262 e. The van der Waals surface area contributed by atoms with Crippen LogP contribution in [0, 0.1) is 0 Å². The van der Waals surface area contributed by atoms with E-state index in [1.54, 1.807) is 6.07 Å². The fourth-order valence-corrected chi connectivity index (χ4v) is 5.39. The molecule has 2 N–H and O–H groups in total. The fourth-order valence-electron chi connectivity index (χ4n) is 3.61. The van der Waals surface area contributed by atoms with Gasteiger partial charge in [-0.05, 0) is 23.8 Å². The van der Waals surface area contributed by atoms with Crippen molar-refractivity contribution < 1.29 is 22.7 Å². The Hall–Kier alpha value is -1.88. The third-order valence-corrected chi connectivity index (χ3v) is 7.27. The van der Waals surface area contributed by atoms with Crippen LogP contribution >= 0.6 is 23.2 Å². The largest absolute Gasteiger partial charge is 0.482 e. The third-order valence-electron chi connectivity index (χ3n) is 5.14. The second-order valence-corrected chi connectivity index (χ2v) is 9.77. The molecule has 31 heavy (non-hydrogen) atoms. The van der Waals surface area contributed by atoms with E-state index in [1.807, 2.05) is 18.2 Å². The molecule has 0 spiro atoms. The first kappa shape index (κ1) is 22.3. The number of nitrogens with zero attached hydrogens (tertiary/aromatic N) is 1. The summed E-state index contributed by atoms with van der Waals surface area (Å²) in [5.74, 6) is -0.0730. The van der Waals surface area contributed by atoms with Gasteiger partial charge in [-0.25, -0.2) is 13.1 Å². The summed E-state index contributed by atoms with van der Waals surface area (Å²) in [6.45, 7) is 2.42. The number of carbonyl (C=O) groups is 1. The van der Waals surface area contributed by atoms with Gasteiger partial charge in [0.25, 0.3) is 5.91 Å². The van der Waals surface area contributed by atoms with Crippen LogP contribution in [-0.4, -0.2) is 58.7 Å². The first-order valence-electron chi connectivity index (χ1n) is 9.66. The van der Waals surface area contributed by atoms with Gasteiger partial charge in [0.15, 0.2) is 6.61 Å². The lowest BCUT2D eigenvalue weighted by molar-refractivity contribution is -0.118. The van der Waals surface area contributed by atoms with Crippen molar-refractivity contribution >= 4 is 44.8 Å². The van der Waals surface area contributed by atoms with Crippen LogP contribution in [0.15, 0.2) is 41.3 Å². The number of carbonyl (C=O) groups excluding carboxylic acids is 1. The number of ether oxygens (including phenoxy) is 2. The molecule has 1 atom stereocenters. The normalized spacial score (nSPS) is 18.1. The highest BCUT2D eigenvalue weighted by molar-refractivity contribution is 7.89. The Bertz CT molecular complexity index is 1090. The molecule has 1 fully saturated rings. The number of sulfonamides is 1. The summed E-state index contributed by atoms with van der Waals surface area (Å²) in [7, 11) is -3.96. The summed E-state index contributed by atoms with van der Waals surface area (Å²) in [5, 5.41) is 3.17. The predicted octanol–water partition coefficient (Wildman–Crippen LogP) is 2.68. The van der Waals surface area contributed by atoms with E-state index in [9.17, 15) is 13.2 Å². The van der Waals surface area contributed by atoms with Crippen LogP contribution in [0.3, 0.4) is 0 Å².